The van der Waals surface area contributed by atoms with E-state index in [1.54, 1.807) is 0 Å². The van der Waals surface area contributed by atoms with Gasteiger partial charge in [0.1, 0.15) is 11.4 Å². The van der Waals surface area contributed by atoms with Crippen molar-refractivity contribution in [3.8, 4) is 5.75 Å². The quantitative estimate of drug-likeness (QED) is 0.874. The largest absolute Gasteiger partial charge is 0.487 e. The summed E-state index contributed by atoms with van der Waals surface area (Å²) < 4.78 is 6.29. The van der Waals surface area contributed by atoms with Crippen molar-refractivity contribution in [1.29, 1.82) is 0 Å². The van der Waals surface area contributed by atoms with Gasteiger partial charge in [-0.15, -0.1) is 0 Å². The van der Waals surface area contributed by atoms with Crippen LogP contribution < -0.4 is 10.5 Å². The number of fused-ring (bicyclic) bond motifs is 1. The van der Waals surface area contributed by atoms with Gasteiger partial charge in [0.25, 0.3) is 0 Å². The number of hydrogen-bond acceptors (Lipinski definition) is 2. The van der Waals surface area contributed by atoms with Crippen molar-refractivity contribution in [2.45, 2.75) is 57.6 Å². The molecule has 1 aliphatic rings. The number of ether oxygens (including phenoxy) is 1. The van der Waals surface area contributed by atoms with Gasteiger partial charge in [-0.2, -0.15) is 0 Å². The van der Waals surface area contributed by atoms with E-state index < -0.39 is 0 Å². The number of rotatable bonds is 4. The first-order valence-corrected chi connectivity index (χ1v) is 7.22. The lowest BCUT2D eigenvalue weighted by atomic mass is 9.81. The molecule has 100 valence electrons. The zero-order valence-corrected chi connectivity index (χ0v) is 12.0. The van der Waals surface area contributed by atoms with Crippen molar-refractivity contribution in [1.82, 2.24) is 0 Å². The Labute approximate surface area is 114 Å². The van der Waals surface area contributed by atoms with Crippen molar-refractivity contribution >= 4 is 11.6 Å². The van der Waals surface area contributed by atoms with Gasteiger partial charge in [-0.25, -0.2) is 0 Å². The van der Waals surface area contributed by atoms with Crippen molar-refractivity contribution in [3.63, 3.8) is 0 Å². The van der Waals surface area contributed by atoms with Crippen LogP contribution in [0.5, 0.6) is 5.75 Å². The molecule has 0 unspecified atom stereocenters. The molecule has 2 N–H and O–H groups in total. The average Bonchev–Trinajstić information content (AvgIpc) is 2.31. The molecule has 0 amide bonds. The van der Waals surface area contributed by atoms with E-state index in [0.29, 0.717) is 0 Å². The highest BCUT2D eigenvalue weighted by Crippen LogP contribution is 2.43. The molecule has 1 aromatic rings. The highest BCUT2D eigenvalue weighted by molar-refractivity contribution is 6.30. The van der Waals surface area contributed by atoms with Crippen LogP contribution in [0.2, 0.25) is 5.02 Å². The number of halogens is 1. The van der Waals surface area contributed by atoms with Gasteiger partial charge in [-0.1, -0.05) is 38.3 Å². The van der Waals surface area contributed by atoms with E-state index in [9.17, 15) is 0 Å². The third-order valence-electron chi connectivity index (χ3n) is 3.70. The summed E-state index contributed by atoms with van der Waals surface area (Å²) in [5, 5.41) is 0.728. The Balaban J connectivity index is 2.32. The summed E-state index contributed by atoms with van der Waals surface area (Å²) in [5.41, 5.74) is 7.28. The fourth-order valence-electron chi connectivity index (χ4n) is 3.03. The third-order valence-corrected chi connectivity index (χ3v) is 3.94. The van der Waals surface area contributed by atoms with Gasteiger partial charge in [0.05, 0.1) is 0 Å². The Morgan fingerprint density at radius 1 is 1.33 bits per heavy atom. The van der Waals surface area contributed by atoms with E-state index in [-0.39, 0.29) is 11.6 Å². The van der Waals surface area contributed by atoms with Crippen molar-refractivity contribution in [2.24, 2.45) is 5.73 Å². The number of benzene rings is 1. The molecule has 3 heteroatoms. The predicted octanol–water partition coefficient (Wildman–Crippen LogP) is 4.46. The lowest BCUT2D eigenvalue weighted by Crippen LogP contribution is -2.42. The van der Waals surface area contributed by atoms with Gasteiger partial charge in [-0.3, -0.25) is 0 Å². The fraction of sp³-hybridized carbons (Fsp3) is 0.600. The molecule has 1 atom stereocenters. The first kappa shape index (κ1) is 13.7. The van der Waals surface area contributed by atoms with Gasteiger partial charge in [0.2, 0.25) is 0 Å². The van der Waals surface area contributed by atoms with Crippen LogP contribution in [0, 0.1) is 0 Å². The van der Waals surface area contributed by atoms with Gasteiger partial charge in [0.15, 0.2) is 0 Å². The highest BCUT2D eigenvalue weighted by atomic mass is 35.5. The number of hydrogen-bond donors (Lipinski definition) is 1. The van der Waals surface area contributed by atoms with E-state index in [4.69, 9.17) is 22.1 Å². The van der Waals surface area contributed by atoms with Crippen molar-refractivity contribution < 1.29 is 4.74 Å². The molecule has 0 spiro atoms. The van der Waals surface area contributed by atoms with Crippen LogP contribution in [0.1, 0.15) is 57.6 Å². The average molecular weight is 268 g/mol. The van der Waals surface area contributed by atoms with Crippen LogP contribution in [0.4, 0.5) is 0 Å². The summed E-state index contributed by atoms with van der Waals surface area (Å²) in [7, 11) is 0. The van der Waals surface area contributed by atoms with E-state index >= 15 is 0 Å². The molecule has 1 aromatic carbocycles. The van der Waals surface area contributed by atoms with E-state index in [2.05, 4.69) is 13.8 Å². The number of nitrogens with two attached hydrogens (primary N) is 1. The second-order valence-corrected chi connectivity index (χ2v) is 5.71. The maximum atomic E-state index is 6.31. The molecular weight excluding hydrogens is 246 g/mol. The Bertz CT molecular complexity index is 413. The SMILES string of the molecule is CCCC1(CCC)C[C@@H](N)c2cc(Cl)ccc2O1. The molecule has 1 aliphatic heterocycles. The molecule has 0 bridgehead atoms. The van der Waals surface area contributed by atoms with E-state index in [1.807, 2.05) is 18.2 Å². The third kappa shape index (κ3) is 2.65. The van der Waals surface area contributed by atoms with Gasteiger partial charge >= 0.3 is 0 Å². The Morgan fingerprint density at radius 3 is 2.61 bits per heavy atom. The van der Waals surface area contributed by atoms with Crippen LogP contribution in [0.3, 0.4) is 0 Å². The summed E-state index contributed by atoms with van der Waals surface area (Å²) in [5.74, 6) is 0.917. The minimum absolute atomic E-state index is 0.0329. The zero-order chi connectivity index (χ0) is 13.2. The van der Waals surface area contributed by atoms with E-state index in [1.165, 1.54) is 0 Å². The maximum absolute atomic E-state index is 6.31. The van der Waals surface area contributed by atoms with Gasteiger partial charge in [0, 0.05) is 23.0 Å². The normalized spacial score (nSPS) is 21.2. The smallest absolute Gasteiger partial charge is 0.125 e. The molecule has 0 aliphatic carbocycles. The molecule has 2 nitrogen and oxygen atoms in total. The van der Waals surface area contributed by atoms with Gasteiger partial charge in [-0.05, 0) is 31.0 Å². The van der Waals surface area contributed by atoms with Crippen LogP contribution in [0.15, 0.2) is 18.2 Å². The Morgan fingerprint density at radius 2 is 2.00 bits per heavy atom. The minimum atomic E-state index is -0.0796. The standard InChI is InChI=1S/C15H22ClNO/c1-3-7-15(8-4-2)10-13(17)12-9-11(16)5-6-14(12)18-15/h5-6,9,13H,3-4,7-8,10,17H2,1-2H3/t13-/m1/s1. The van der Waals surface area contributed by atoms with Crippen LogP contribution in [-0.2, 0) is 0 Å². The summed E-state index contributed by atoms with van der Waals surface area (Å²) in [6.45, 7) is 4.40. The highest BCUT2D eigenvalue weighted by Gasteiger charge is 2.38. The van der Waals surface area contributed by atoms with E-state index in [0.717, 1.165) is 48.4 Å². The summed E-state index contributed by atoms with van der Waals surface area (Å²) >= 11 is 6.02. The molecule has 0 fully saturated rings. The zero-order valence-electron chi connectivity index (χ0n) is 11.2. The molecule has 0 radical (unpaired) electrons. The molecule has 18 heavy (non-hydrogen) atoms. The summed E-state index contributed by atoms with van der Waals surface area (Å²) in [6.07, 6.45) is 5.26. The van der Waals surface area contributed by atoms with Crippen LogP contribution in [-0.4, -0.2) is 5.60 Å². The second-order valence-electron chi connectivity index (χ2n) is 5.28. The summed E-state index contributed by atoms with van der Waals surface area (Å²) in [6, 6.07) is 5.80. The molecular formula is C15H22ClNO. The predicted molar refractivity (Wildman–Crippen MR) is 76.2 cm³/mol. The topological polar surface area (TPSA) is 35.2 Å². The lowest BCUT2D eigenvalue weighted by Gasteiger charge is -2.41. The molecule has 0 saturated heterocycles. The molecule has 1 heterocycles. The first-order chi connectivity index (χ1) is 8.60. The Hall–Kier alpha value is -0.730. The van der Waals surface area contributed by atoms with Crippen LogP contribution in [0.25, 0.3) is 0 Å². The fourth-order valence-corrected chi connectivity index (χ4v) is 3.21. The van der Waals surface area contributed by atoms with Crippen molar-refractivity contribution in [3.05, 3.63) is 28.8 Å². The first-order valence-electron chi connectivity index (χ1n) is 6.84. The molecule has 0 saturated carbocycles. The second kappa shape index (κ2) is 5.50. The molecule has 0 aromatic heterocycles. The minimum Gasteiger partial charge on any atom is -0.487 e. The summed E-state index contributed by atoms with van der Waals surface area (Å²) in [4.78, 5) is 0. The maximum Gasteiger partial charge on any atom is 0.125 e. The monoisotopic (exact) mass is 267 g/mol. The Kier molecular flexibility index (Phi) is 4.18. The van der Waals surface area contributed by atoms with Crippen molar-refractivity contribution in [2.75, 3.05) is 0 Å². The molecule has 2 rings (SSSR count). The lowest BCUT2D eigenvalue weighted by molar-refractivity contribution is 0.0180. The van der Waals surface area contributed by atoms with Crippen LogP contribution >= 0.6 is 11.6 Å². The van der Waals surface area contributed by atoms with Gasteiger partial charge < -0.3 is 10.5 Å².